The molecule has 9 heteroatoms. The van der Waals surface area contributed by atoms with Crippen LogP contribution in [0.15, 0.2) is 24.5 Å². The van der Waals surface area contributed by atoms with Gasteiger partial charge in [-0.25, -0.2) is 24.1 Å². The normalized spacial score (nSPS) is 13.4. The van der Waals surface area contributed by atoms with Gasteiger partial charge in [-0.2, -0.15) is 0 Å². The average molecular weight is 339 g/mol. The van der Waals surface area contributed by atoms with Crippen LogP contribution in [0.5, 0.6) is 0 Å². The van der Waals surface area contributed by atoms with Gasteiger partial charge in [0.15, 0.2) is 9.84 Å². The van der Waals surface area contributed by atoms with Crippen LogP contribution in [0.25, 0.3) is 10.9 Å². The summed E-state index contributed by atoms with van der Waals surface area (Å²) < 4.78 is 24.6. The van der Waals surface area contributed by atoms with E-state index in [-0.39, 0.29) is 5.88 Å². The predicted molar refractivity (Wildman–Crippen MR) is 86.0 cm³/mol. The Morgan fingerprint density at radius 3 is 2.65 bits per heavy atom. The minimum atomic E-state index is -3.21. The minimum absolute atomic E-state index is 0.162. The van der Waals surface area contributed by atoms with E-state index in [4.69, 9.17) is 10.9 Å². The van der Waals surface area contributed by atoms with Crippen LogP contribution < -0.4 is 5.84 Å². The Kier molecular flexibility index (Phi) is 4.62. The molecule has 1 radical (unpaired) electrons. The zero-order chi connectivity index (χ0) is 17.4. The zero-order valence-corrected chi connectivity index (χ0v) is 13.9. The number of pyridine rings is 1. The third kappa shape index (κ3) is 3.80. The summed E-state index contributed by atoms with van der Waals surface area (Å²) in [5, 5.41) is 10.6. The number of carboxylic acid groups (broad SMARTS) is 1. The summed E-state index contributed by atoms with van der Waals surface area (Å²) >= 11 is 0. The first-order chi connectivity index (χ1) is 10.6. The van der Waals surface area contributed by atoms with Gasteiger partial charge in [0.1, 0.15) is 5.88 Å². The van der Waals surface area contributed by atoms with E-state index >= 15 is 0 Å². The maximum Gasteiger partial charge on any atom is 0.422 e. The fourth-order valence-electron chi connectivity index (χ4n) is 2.44. The largest absolute Gasteiger partial charge is 0.464 e. The molecule has 0 aliphatic heterocycles. The first kappa shape index (κ1) is 17.2. The molecule has 0 fully saturated rings. The second-order valence-corrected chi connectivity index (χ2v) is 7.79. The van der Waals surface area contributed by atoms with Crippen molar-refractivity contribution in [2.45, 2.75) is 25.8 Å². The molecule has 1 amide bonds. The van der Waals surface area contributed by atoms with Crippen molar-refractivity contribution in [2.24, 2.45) is 5.84 Å². The Hall–Kier alpha value is -2.13. The van der Waals surface area contributed by atoms with Crippen LogP contribution in [-0.2, 0) is 15.7 Å². The molecule has 2 rings (SSSR count). The Bertz CT molecular complexity index is 828. The third-order valence-electron chi connectivity index (χ3n) is 3.38. The molecule has 125 valence electrons. The van der Waals surface area contributed by atoms with E-state index in [0.29, 0.717) is 16.2 Å². The number of carbonyl (C=O) groups is 1. The molecule has 3 N–H and O–H groups in total. The first-order valence-electron chi connectivity index (χ1n) is 6.79. The van der Waals surface area contributed by atoms with Crippen LogP contribution >= 0.6 is 0 Å². The number of rotatable bonds is 5. The Morgan fingerprint density at radius 2 is 2.13 bits per heavy atom. The SMILES string of the molecule is C[C](C)C(c1cc2c(ccn2CS(C)(=O)=O)cn1)N(N)C(=O)O. The summed E-state index contributed by atoms with van der Waals surface area (Å²) in [6.45, 7) is 3.52. The molecule has 0 aliphatic rings. The van der Waals surface area contributed by atoms with Gasteiger partial charge in [0.2, 0.25) is 0 Å². The van der Waals surface area contributed by atoms with Crippen molar-refractivity contribution >= 4 is 26.8 Å². The van der Waals surface area contributed by atoms with E-state index < -0.39 is 22.0 Å². The lowest BCUT2D eigenvalue weighted by Gasteiger charge is -2.27. The molecule has 0 bridgehead atoms. The van der Waals surface area contributed by atoms with Crippen LogP contribution in [0.4, 0.5) is 4.79 Å². The summed E-state index contributed by atoms with van der Waals surface area (Å²) in [4.78, 5) is 15.4. The average Bonchev–Trinajstić information content (AvgIpc) is 2.79. The first-order valence-corrected chi connectivity index (χ1v) is 8.85. The Labute approximate surface area is 134 Å². The maximum atomic E-state index is 11.5. The third-order valence-corrected chi connectivity index (χ3v) is 4.12. The van der Waals surface area contributed by atoms with Gasteiger partial charge >= 0.3 is 6.09 Å². The van der Waals surface area contributed by atoms with Crippen molar-refractivity contribution in [3.63, 3.8) is 0 Å². The van der Waals surface area contributed by atoms with Gasteiger partial charge < -0.3 is 9.67 Å². The number of fused-ring (bicyclic) bond motifs is 1. The van der Waals surface area contributed by atoms with E-state index in [0.717, 1.165) is 17.6 Å². The van der Waals surface area contributed by atoms with Gasteiger partial charge in [0.25, 0.3) is 0 Å². The molecule has 1 unspecified atom stereocenters. The molecule has 8 nitrogen and oxygen atoms in total. The predicted octanol–water partition coefficient (Wildman–Crippen LogP) is 1.55. The second-order valence-electron chi connectivity index (χ2n) is 5.68. The number of nitrogens with zero attached hydrogens (tertiary/aromatic N) is 3. The summed E-state index contributed by atoms with van der Waals surface area (Å²) in [6, 6.07) is 2.71. The molecule has 0 aliphatic carbocycles. The maximum absolute atomic E-state index is 11.5. The number of amides is 1. The van der Waals surface area contributed by atoms with Gasteiger partial charge in [0.05, 0.1) is 17.3 Å². The van der Waals surface area contributed by atoms with E-state index in [2.05, 4.69) is 4.98 Å². The van der Waals surface area contributed by atoms with Crippen LogP contribution in [0, 0.1) is 5.92 Å². The summed E-state index contributed by atoms with van der Waals surface area (Å²) in [7, 11) is -3.21. The molecule has 2 aromatic rings. The number of aromatic nitrogens is 2. The highest BCUT2D eigenvalue weighted by atomic mass is 32.2. The Morgan fingerprint density at radius 1 is 1.48 bits per heavy atom. The lowest BCUT2D eigenvalue weighted by atomic mass is 9.99. The lowest BCUT2D eigenvalue weighted by Crippen LogP contribution is -2.41. The smallest absolute Gasteiger partial charge is 0.422 e. The summed E-state index contributed by atoms with van der Waals surface area (Å²) in [5.41, 5.74) is 1.10. The van der Waals surface area contributed by atoms with Crippen molar-refractivity contribution < 1.29 is 18.3 Å². The number of hydrogen-bond donors (Lipinski definition) is 2. The van der Waals surface area contributed by atoms with Gasteiger partial charge in [-0.3, -0.25) is 4.98 Å². The van der Waals surface area contributed by atoms with Crippen molar-refractivity contribution in [3.8, 4) is 0 Å². The van der Waals surface area contributed by atoms with Crippen molar-refractivity contribution in [2.75, 3.05) is 6.26 Å². The molecule has 2 aromatic heterocycles. The monoisotopic (exact) mass is 339 g/mol. The van der Waals surface area contributed by atoms with Crippen molar-refractivity contribution in [1.82, 2.24) is 14.6 Å². The highest BCUT2D eigenvalue weighted by molar-refractivity contribution is 7.89. The van der Waals surface area contributed by atoms with E-state index in [1.54, 1.807) is 42.9 Å². The van der Waals surface area contributed by atoms with E-state index in [1.165, 1.54) is 0 Å². The number of hydrazine groups is 1. The van der Waals surface area contributed by atoms with Crippen molar-refractivity contribution in [3.05, 3.63) is 36.1 Å². The van der Waals surface area contributed by atoms with Gasteiger partial charge in [-0.05, 0) is 12.1 Å². The van der Waals surface area contributed by atoms with E-state index in [9.17, 15) is 13.2 Å². The molecule has 0 saturated carbocycles. The highest BCUT2D eigenvalue weighted by Crippen LogP contribution is 2.29. The fraction of sp³-hybridized carbons (Fsp3) is 0.357. The van der Waals surface area contributed by atoms with Crippen LogP contribution in [-0.4, -0.2) is 40.4 Å². The summed E-state index contributed by atoms with van der Waals surface area (Å²) in [6.07, 6.45) is 3.12. The molecule has 2 heterocycles. The van der Waals surface area contributed by atoms with Crippen LogP contribution in [0.1, 0.15) is 25.6 Å². The molecule has 0 aromatic carbocycles. The molecule has 23 heavy (non-hydrogen) atoms. The molecule has 0 spiro atoms. The Balaban J connectivity index is 2.53. The molecule has 0 saturated heterocycles. The van der Waals surface area contributed by atoms with Gasteiger partial charge in [-0.1, -0.05) is 13.8 Å². The number of sulfone groups is 1. The lowest BCUT2D eigenvalue weighted by molar-refractivity contribution is 0.126. The molecular formula is C14H19N4O4S. The fourth-order valence-corrected chi connectivity index (χ4v) is 3.17. The number of nitrogens with two attached hydrogens (primary N) is 1. The van der Waals surface area contributed by atoms with Gasteiger partial charge in [-0.15, -0.1) is 0 Å². The minimum Gasteiger partial charge on any atom is -0.464 e. The van der Waals surface area contributed by atoms with Crippen LogP contribution in [0.2, 0.25) is 0 Å². The second kappa shape index (κ2) is 6.17. The molecule has 1 atom stereocenters. The summed E-state index contributed by atoms with van der Waals surface area (Å²) in [5.74, 6) is 6.21. The quantitative estimate of drug-likeness (QED) is 0.484. The van der Waals surface area contributed by atoms with Crippen LogP contribution in [0.3, 0.4) is 0 Å². The molecular weight excluding hydrogens is 320 g/mol. The van der Waals surface area contributed by atoms with Gasteiger partial charge in [0, 0.05) is 30.0 Å². The highest BCUT2D eigenvalue weighted by Gasteiger charge is 2.27. The number of hydrogen-bond acceptors (Lipinski definition) is 5. The van der Waals surface area contributed by atoms with Crippen molar-refractivity contribution in [1.29, 1.82) is 0 Å². The topological polar surface area (TPSA) is 119 Å². The zero-order valence-electron chi connectivity index (χ0n) is 13.1. The van der Waals surface area contributed by atoms with E-state index in [1.807, 2.05) is 0 Å². The standard InChI is InChI=1S/C14H19N4O4S/c1-9(2)13(18(15)14(19)20)11-6-12-10(7-16-11)4-5-17(12)8-23(3,21)22/h4-7,13H,8,15H2,1-3H3,(H,19,20).